The minimum Gasteiger partial charge on any atom is -0.491 e. The Balaban J connectivity index is 2.29. The smallest absolute Gasteiger partial charge is 0.273 e. The molecule has 0 atom stereocenters. The van der Waals surface area contributed by atoms with Crippen LogP contribution in [0.4, 0.5) is 11.4 Å². The van der Waals surface area contributed by atoms with Gasteiger partial charge in [-0.2, -0.15) is 0 Å². The largest absolute Gasteiger partial charge is 0.491 e. The highest BCUT2D eigenvalue weighted by molar-refractivity contribution is 5.62. The Morgan fingerprint density at radius 3 is 2.72 bits per heavy atom. The molecule has 5 heteroatoms. The maximum absolute atomic E-state index is 10.8. The second-order valence-corrected chi connectivity index (χ2v) is 4.20. The normalized spacial score (nSPS) is 15.5. The van der Waals surface area contributed by atoms with Crippen LogP contribution in [0.2, 0.25) is 0 Å². The number of nitro groups is 1. The van der Waals surface area contributed by atoms with Crippen molar-refractivity contribution < 1.29 is 9.66 Å². The highest BCUT2D eigenvalue weighted by atomic mass is 16.6. The van der Waals surface area contributed by atoms with Gasteiger partial charge in [0, 0.05) is 19.2 Å². The van der Waals surface area contributed by atoms with Gasteiger partial charge in [-0.15, -0.1) is 0 Å². The molecule has 18 heavy (non-hydrogen) atoms. The van der Waals surface area contributed by atoms with Crippen LogP contribution in [0.15, 0.2) is 18.2 Å². The number of rotatable bonds is 4. The van der Waals surface area contributed by atoms with E-state index in [4.69, 9.17) is 4.74 Å². The third-order valence-electron chi connectivity index (χ3n) is 3.00. The fourth-order valence-electron chi connectivity index (χ4n) is 2.14. The van der Waals surface area contributed by atoms with Gasteiger partial charge in [-0.05, 0) is 32.3 Å². The Bertz CT molecular complexity index is 428. The molecule has 1 saturated heterocycles. The number of ether oxygens (including phenoxy) is 1. The van der Waals surface area contributed by atoms with Crippen molar-refractivity contribution in [2.75, 3.05) is 24.6 Å². The second kappa shape index (κ2) is 5.71. The molecule has 1 aliphatic heterocycles. The van der Waals surface area contributed by atoms with Crippen LogP contribution in [-0.4, -0.2) is 24.6 Å². The second-order valence-electron chi connectivity index (χ2n) is 4.20. The van der Waals surface area contributed by atoms with Gasteiger partial charge in [0.25, 0.3) is 5.69 Å². The molecular formula is C13H17N2O3. The van der Waals surface area contributed by atoms with Gasteiger partial charge >= 0.3 is 0 Å². The van der Waals surface area contributed by atoms with Crippen LogP contribution in [0, 0.1) is 16.5 Å². The van der Waals surface area contributed by atoms with Crippen LogP contribution in [0.3, 0.4) is 0 Å². The quantitative estimate of drug-likeness (QED) is 0.608. The molecule has 97 valence electrons. The van der Waals surface area contributed by atoms with Crippen LogP contribution < -0.4 is 9.64 Å². The molecule has 0 N–H and O–H groups in total. The van der Waals surface area contributed by atoms with Gasteiger partial charge in [0.2, 0.25) is 0 Å². The van der Waals surface area contributed by atoms with Crippen molar-refractivity contribution in [3.63, 3.8) is 0 Å². The van der Waals surface area contributed by atoms with Crippen molar-refractivity contribution in [1.82, 2.24) is 0 Å². The predicted octanol–water partition coefficient (Wildman–Crippen LogP) is 2.80. The lowest BCUT2D eigenvalue weighted by Crippen LogP contribution is -2.30. The molecular weight excluding hydrogens is 232 g/mol. The summed E-state index contributed by atoms with van der Waals surface area (Å²) in [5, 5.41) is 10.8. The van der Waals surface area contributed by atoms with Crippen molar-refractivity contribution in [2.45, 2.75) is 19.8 Å². The van der Waals surface area contributed by atoms with Crippen LogP contribution in [0.25, 0.3) is 0 Å². The lowest BCUT2D eigenvalue weighted by molar-refractivity contribution is -0.384. The lowest BCUT2D eigenvalue weighted by atomic mass is 10.1. The lowest BCUT2D eigenvalue weighted by Gasteiger charge is -2.29. The van der Waals surface area contributed by atoms with Gasteiger partial charge in [-0.25, -0.2) is 0 Å². The van der Waals surface area contributed by atoms with E-state index in [1.54, 1.807) is 6.07 Å². The van der Waals surface area contributed by atoms with Crippen molar-refractivity contribution in [3.8, 4) is 5.75 Å². The van der Waals surface area contributed by atoms with E-state index in [-0.39, 0.29) is 5.69 Å². The maximum atomic E-state index is 10.8. The molecule has 0 bridgehead atoms. The zero-order valence-electron chi connectivity index (χ0n) is 10.5. The minimum absolute atomic E-state index is 0.0748. The first-order valence-electron chi connectivity index (χ1n) is 6.20. The summed E-state index contributed by atoms with van der Waals surface area (Å²) < 4.78 is 5.52. The third-order valence-corrected chi connectivity index (χ3v) is 3.00. The van der Waals surface area contributed by atoms with Crippen molar-refractivity contribution in [1.29, 1.82) is 0 Å². The number of nitrogens with zero attached hydrogens (tertiary/aromatic N) is 2. The Morgan fingerprint density at radius 1 is 1.39 bits per heavy atom. The molecule has 1 aromatic rings. The monoisotopic (exact) mass is 249 g/mol. The summed E-state index contributed by atoms with van der Waals surface area (Å²) in [5.41, 5.74) is 1.03. The molecule has 0 aromatic heterocycles. The number of non-ortho nitro benzene ring substituents is 1. The zero-order chi connectivity index (χ0) is 13.0. The number of benzene rings is 1. The molecule has 1 heterocycles. The summed E-state index contributed by atoms with van der Waals surface area (Å²) in [7, 11) is 0. The van der Waals surface area contributed by atoms with E-state index in [1.165, 1.54) is 12.1 Å². The average Bonchev–Trinajstić information content (AvgIpc) is 2.40. The maximum Gasteiger partial charge on any atom is 0.273 e. The molecule has 0 saturated carbocycles. The number of nitro benzene ring substituents is 1. The Kier molecular flexibility index (Phi) is 4.02. The molecule has 0 spiro atoms. The van der Waals surface area contributed by atoms with Gasteiger partial charge in [-0.1, -0.05) is 0 Å². The molecule has 5 nitrogen and oxygen atoms in total. The molecule has 1 radical (unpaired) electrons. The van der Waals surface area contributed by atoms with Crippen LogP contribution in [0.5, 0.6) is 5.75 Å². The zero-order valence-corrected chi connectivity index (χ0v) is 10.5. The Labute approximate surface area is 107 Å². The Morgan fingerprint density at radius 2 is 2.11 bits per heavy atom. The van der Waals surface area contributed by atoms with E-state index in [9.17, 15) is 10.1 Å². The number of anilines is 1. The summed E-state index contributed by atoms with van der Waals surface area (Å²) in [5.74, 6) is 0.605. The third kappa shape index (κ3) is 2.72. The molecule has 1 fully saturated rings. The molecule has 0 aliphatic carbocycles. The molecule has 2 rings (SSSR count). The average molecular weight is 249 g/mol. The van der Waals surface area contributed by atoms with E-state index in [0.717, 1.165) is 31.6 Å². The molecule has 0 amide bonds. The summed E-state index contributed by atoms with van der Waals surface area (Å²) >= 11 is 0. The first-order chi connectivity index (χ1) is 8.72. The van der Waals surface area contributed by atoms with Gasteiger partial charge in [-0.3, -0.25) is 10.1 Å². The number of piperidine rings is 1. The SMILES string of the molecule is CCOc1cc([N+](=O)[O-])ccc1N1CC[CH]CC1. The molecule has 1 aromatic carbocycles. The summed E-state index contributed by atoms with van der Waals surface area (Å²) in [6.07, 6.45) is 4.35. The first kappa shape index (κ1) is 12.7. The van der Waals surface area contributed by atoms with E-state index in [1.807, 2.05) is 6.92 Å². The molecule has 1 aliphatic rings. The van der Waals surface area contributed by atoms with E-state index >= 15 is 0 Å². The van der Waals surface area contributed by atoms with Gasteiger partial charge in [0.15, 0.2) is 0 Å². The highest BCUT2D eigenvalue weighted by Crippen LogP contribution is 2.33. The summed E-state index contributed by atoms with van der Waals surface area (Å²) in [4.78, 5) is 12.6. The van der Waals surface area contributed by atoms with Gasteiger partial charge in [0.05, 0.1) is 23.3 Å². The number of hydrogen-bond acceptors (Lipinski definition) is 4. The van der Waals surface area contributed by atoms with Gasteiger partial charge in [0.1, 0.15) is 5.75 Å². The number of hydrogen-bond donors (Lipinski definition) is 0. The van der Waals surface area contributed by atoms with Crippen molar-refractivity contribution >= 4 is 11.4 Å². The van der Waals surface area contributed by atoms with Crippen LogP contribution in [-0.2, 0) is 0 Å². The topological polar surface area (TPSA) is 55.6 Å². The van der Waals surface area contributed by atoms with Gasteiger partial charge < -0.3 is 9.64 Å². The van der Waals surface area contributed by atoms with Crippen LogP contribution in [0.1, 0.15) is 19.8 Å². The summed E-state index contributed by atoms with van der Waals surface area (Å²) in [6.45, 7) is 4.27. The van der Waals surface area contributed by atoms with E-state index < -0.39 is 4.92 Å². The fraction of sp³-hybridized carbons (Fsp3) is 0.462. The van der Waals surface area contributed by atoms with Crippen molar-refractivity contribution in [3.05, 3.63) is 34.7 Å². The van der Waals surface area contributed by atoms with Crippen LogP contribution >= 0.6 is 0 Å². The highest BCUT2D eigenvalue weighted by Gasteiger charge is 2.18. The van der Waals surface area contributed by atoms with Crippen molar-refractivity contribution in [2.24, 2.45) is 0 Å². The standard InChI is InChI=1S/C13H17N2O3/c1-2-18-13-10-11(15(16)17)6-7-12(13)14-8-4-3-5-9-14/h3,6-7,10H,2,4-5,8-9H2,1H3. The molecule has 0 unspecified atom stereocenters. The summed E-state index contributed by atoms with van der Waals surface area (Å²) in [6, 6.07) is 4.84. The van der Waals surface area contributed by atoms with E-state index in [2.05, 4.69) is 11.3 Å². The van der Waals surface area contributed by atoms with E-state index in [0.29, 0.717) is 12.4 Å². The minimum atomic E-state index is -0.393. The fourth-order valence-corrected chi connectivity index (χ4v) is 2.14. The first-order valence-corrected chi connectivity index (χ1v) is 6.20. The Hall–Kier alpha value is -1.78. The predicted molar refractivity (Wildman–Crippen MR) is 70.0 cm³/mol.